The Kier molecular flexibility index (Phi) is 1.85. The molecule has 13 heavy (non-hydrogen) atoms. The number of rotatable bonds is 0. The fraction of sp³-hybridized carbons (Fsp3) is 1.00. The lowest BCUT2D eigenvalue weighted by Crippen LogP contribution is -2.18. The zero-order valence-corrected chi connectivity index (χ0v) is 9.85. The zero-order chi connectivity index (χ0) is 9.85. The van der Waals surface area contributed by atoms with Crippen LogP contribution in [0.2, 0.25) is 0 Å². The van der Waals surface area contributed by atoms with Crippen molar-refractivity contribution in [3.63, 3.8) is 0 Å². The molecule has 2 aliphatic carbocycles. The lowest BCUT2D eigenvalue weighted by Gasteiger charge is -2.27. The minimum atomic E-state index is 0.610. The summed E-state index contributed by atoms with van der Waals surface area (Å²) < 4.78 is 0. The SMILES string of the molecule is CC1CC2C(C1)C(C)(C)CC2(C)C. The second kappa shape index (κ2) is 2.52. The summed E-state index contributed by atoms with van der Waals surface area (Å²) in [5.41, 5.74) is 1.22. The third kappa shape index (κ3) is 1.33. The number of fused-ring (bicyclic) bond motifs is 1. The van der Waals surface area contributed by atoms with Crippen LogP contribution in [0.5, 0.6) is 0 Å². The molecule has 0 nitrogen and oxygen atoms in total. The second-order valence-corrected chi connectivity index (χ2v) is 6.94. The quantitative estimate of drug-likeness (QED) is 0.526. The Balaban J connectivity index is 2.28. The maximum Gasteiger partial charge on any atom is -0.0318 e. The molecule has 0 radical (unpaired) electrons. The normalized spacial score (nSPS) is 46.4. The van der Waals surface area contributed by atoms with Gasteiger partial charge < -0.3 is 0 Å². The molecular weight excluding hydrogens is 156 g/mol. The number of hydrogen-bond acceptors (Lipinski definition) is 0. The van der Waals surface area contributed by atoms with Crippen LogP contribution in [0, 0.1) is 28.6 Å². The van der Waals surface area contributed by atoms with E-state index in [0.29, 0.717) is 10.8 Å². The van der Waals surface area contributed by atoms with Crippen LogP contribution in [-0.2, 0) is 0 Å². The molecule has 0 heterocycles. The average Bonchev–Trinajstić information content (AvgIpc) is 2.34. The maximum atomic E-state index is 2.48. The van der Waals surface area contributed by atoms with E-state index in [2.05, 4.69) is 34.6 Å². The molecule has 2 atom stereocenters. The first kappa shape index (κ1) is 9.55. The Morgan fingerprint density at radius 3 is 1.62 bits per heavy atom. The minimum absolute atomic E-state index is 0.610. The molecule has 0 saturated heterocycles. The van der Waals surface area contributed by atoms with Gasteiger partial charge in [-0.05, 0) is 47.8 Å². The topological polar surface area (TPSA) is 0 Å². The highest BCUT2D eigenvalue weighted by Gasteiger charge is 2.55. The van der Waals surface area contributed by atoms with E-state index in [1.54, 1.807) is 0 Å². The van der Waals surface area contributed by atoms with Gasteiger partial charge in [0.1, 0.15) is 0 Å². The fourth-order valence-electron chi connectivity index (χ4n) is 4.46. The van der Waals surface area contributed by atoms with Crippen molar-refractivity contribution in [3.05, 3.63) is 0 Å². The van der Waals surface area contributed by atoms with E-state index < -0.39 is 0 Å². The van der Waals surface area contributed by atoms with Gasteiger partial charge in [0.15, 0.2) is 0 Å². The van der Waals surface area contributed by atoms with Crippen molar-refractivity contribution in [2.75, 3.05) is 0 Å². The maximum absolute atomic E-state index is 2.48. The largest absolute Gasteiger partial charge is 0.0625 e. The Bertz CT molecular complexity index is 190. The summed E-state index contributed by atoms with van der Waals surface area (Å²) in [4.78, 5) is 0. The van der Waals surface area contributed by atoms with E-state index in [4.69, 9.17) is 0 Å². The minimum Gasteiger partial charge on any atom is -0.0625 e. The van der Waals surface area contributed by atoms with Crippen molar-refractivity contribution in [1.29, 1.82) is 0 Å². The Labute approximate surface area is 83.1 Å². The van der Waals surface area contributed by atoms with E-state index >= 15 is 0 Å². The van der Waals surface area contributed by atoms with Crippen molar-refractivity contribution in [3.8, 4) is 0 Å². The molecule has 2 saturated carbocycles. The molecule has 0 aromatic heterocycles. The van der Waals surface area contributed by atoms with Crippen LogP contribution in [0.25, 0.3) is 0 Å². The molecule has 0 N–H and O–H groups in total. The van der Waals surface area contributed by atoms with Crippen LogP contribution < -0.4 is 0 Å². The lowest BCUT2D eigenvalue weighted by atomic mass is 9.79. The summed E-state index contributed by atoms with van der Waals surface area (Å²) in [5, 5.41) is 0. The highest BCUT2D eigenvalue weighted by Crippen LogP contribution is 2.63. The molecule has 2 fully saturated rings. The summed E-state index contributed by atoms with van der Waals surface area (Å²) in [6.45, 7) is 12.4. The molecule has 76 valence electrons. The summed E-state index contributed by atoms with van der Waals surface area (Å²) in [5.74, 6) is 3.00. The molecule has 0 aromatic carbocycles. The highest BCUT2D eigenvalue weighted by atomic mass is 14.6. The number of hydrogen-bond donors (Lipinski definition) is 0. The van der Waals surface area contributed by atoms with Gasteiger partial charge in [-0.25, -0.2) is 0 Å². The van der Waals surface area contributed by atoms with Crippen molar-refractivity contribution < 1.29 is 0 Å². The van der Waals surface area contributed by atoms with Crippen LogP contribution in [0.1, 0.15) is 53.9 Å². The van der Waals surface area contributed by atoms with Crippen LogP contribution >= 0.6 is 0 Å². The van der Waals surface area contributed by atoms with Gasteiger partial charge in [-0.15, -0.1) is 0 Å². The summed E-state index contributed by atoms with van der Waals surface area (Å²) >= 11 is 0. The molecule has 2 unspecified atom stereocenters. The predicted octanol–water partition coefficient (Wildman–Crippen LogP) is 4.10. The van der Waals surface area contributed by atoms with Gasteiger partial charge in [0, 0.05) is 0 Å². The van der Waals surface area contributed by atoms with Gasteiger partial charge in [-0.3, -0.25) is 0 Å². The van der Waals surface area contributed by atoms with E-state index in [9.17, 15) is 0 Å². The first-order chi connectivity index (χ1) is 5.83. The van der Waals surface area contributed by atoms with Crippen molar-refractivity contribution in [2.24, 2.45) is 28.6 Å². The zero-order valence-electron chi connectivity index (χ0n) is 9.85. The van der Waals surface area contributed by atoms with Crippen LogP contribution in [0.3, 0.4) is 0 Å². The smallest absolute Gasteiger partial charge is 0.0318 e. The first-order valence-corrected chi connectivity index (χ1v) is 5.83. The third-order valence-electron chi connectivity index (χ3n) is 4.72. The van der Waals surface area contributed by atoms with E-state index in [1.807, 2.05) is 0 Å². The Morgan fingerprint density at radius 1 is 0.846 bits per heavy atom. The lowest BCUT2D eigenvalue weighted by molar-refractivity contribution is 0.235. The van der Waals surface area contributed by atoms with Gasteiger partial charge in [-0.2, -0.15) is 0 Å². The average molecular weight is 180 g/mol. The molecule has 0 aromatic rings. The standard InChI is InChI=1S/C13H24/c1-9-6-10-11(7-9)13(4,5)8-12(10,2)3/h9-11H,6-8H2,1-5H3. The predicted molar refractivity (Wildman–Crippen MR) is 57.6 cm³/mol. The van der Waals surface area contributed by atoms with Crippen molar-refractivity contribution in [2.45, 2.75) is 53.9 Å². The van der Waals surface area contributed by atoms with Crippen molar-refractivity contribution >= 4 is 0 Å². The molecular formula is C13H24. The summed E-state index contributed by atoms with van der Waals surface area (Å²) in [6.07, 6.45) is 4.41. The summed E-state index contributed by atoms with van der Waals surface area (Å²) in [6, 6.07) is 0. The molecule has 2 rings (SSSR count). The Hall–Kier alpha value is 0. The van der Waals surface area contributed by atoms with E-state index in [0.717, 1.165) is 17.8 Å². The van der Waals surface area contributed by atoms with Gasteiger partial charge in [0.2, 0.25) is 0 Å². The molecule has 0 spiro atoms. The Morgan fingerprint density at radius 2 is 1.23 bits per heavy atom. The third-order valence-corrected chi connectivity index (χ3v) is 4.72. The monoisotopic (exact) mass is 180 g/mol. The van der Waals surface area contributed by atoms with Gasteiger partial charge in [0.05, 0.1) is 0 Å². The molecule has 0 aliphatic heterocycles. The van der Waals surface area contributed by atoms with Gasteiger partial charge in [0.25, 0.3) is 0 Å². The molecule has 0 heteroatoms. The molecule has 2 aliphatic rings. The molecule has 0 bridgehead atoms. The van der Waals surface area contributed by atoms with Gasteiger partial charge >= 0.3 is 0 Å². The summed E-state index contributed by atoms with van der Waals surface area (Å²) in [7, 11) is 0. The highest BCUT2D eigenvalue weighted by molar-refractivity contribution is 5.04. The first-order valence-electron chi connectivity index (χ1n) is 5.83. The van der Waals surface area contributed by atoms with Gasteiger partial charge in [-0.1, -0.05) is 34.6 Å². The van der Waals surface area contributed by atoms with Crippen LogP contribution in [0.15, 0.2) is 0 Å². The van der Waals surface area contributed by atoms with Crippen LogP contribution in [0.4, 0.5) is 0 Å². The van der Waals surface area contributed by atoms with E-state index in [1.165, 1.54) is 19.3 Å². The fourth-order valence-corrected chi connectivity index (χ4v) is 4.46. The van der Waals surface area contributed by atoms with E-state index in [-0.39, 0.29) is 0 Å². The van der Waals surface area contributed by atoms with Crippen LogP contribution in [-0.4, -0.2) is 0 Å². The second-order valence-electron chi connectivity index (χ2n) is 6.94. The van der Waals surface area contributed by atoms with Crippen molar-refractivity contribution in [1.82, 2.24) is 0 Å². The molecule has 0 amide bonds.